The van der Waals surface area contributed by atoms with Crippen LogP contribution >= 0.6 is 14.3 Å². The van der Waals surface area contributed by atoms with Crippen molar-refractivity contribution in [3.05, 3.63) is 237 Å². The van der Waals surface area contributed by atoms with Crippen molar-refractivity contribution in [2.24, 2.45) is 0 Å². The van der Waals surface area contributed by atoms with Gasteiger partial charge >= 0.3 is 0 Å². The van der Waals surface area contributed by atoms with Crippen LogP contribution in [0.5, 0.6) is 0 Å². The van der Waals surface area contributed by atoms with Crippen molar-refractivity contribution >= 4 is 117 Å². The fraction of sp³-hybridized carbons (Fsp3) is 0. The molecule has 0 radical (unpaired) electrons. The summed E-state index contributed by atoms with van der Waals surface area (Å²) in [7, 11) is -6.63. The highest BCUT2D eigenvalue weighted by Crippen LogP contribution is 2.46. The summed E-state index contributed by atoms with van der Waals surface area (Å²) in [4.78, 5) is 10.3. The minimum atomic E-state index is -3.36. The van der Waals surface area contributed by atoms with E-state index in [1.165, 1.54) is 0 Å². The van der Waals surface area contributed by atoms with Crippen LogP contribution in [0.4, 0.5) is 0 Å². The molecule has 0 unspecified atom stereocenters. The van der Waals surface area contributed by atoms with Gasteiger partial charge in [-0.15, -0.1) is 0 Å². The Balaban J connectivity index is 0.973. The number of aromatic nitrogens is 3. The van der Waals surface area contributed by atoms with Crippen molar-refractivity contribution in [1.82, 2.24) is 14.4 Å². The van der Waals surface area contributed by atoms with Crippen molar-refractivity contribution in [2.45, 2.75) is 0 Å². The van der Waals surface area contributed by atoms with Crippen molar-refractivity contribution in [3.8, 4) is 11.3 Å². The zero-order valence-electron chi connectivity index (χ0n) is 36.1. The molecule has 7 heteroatoms. The number of pyridine rings is 2. The molecule has 5 nitrogen and oxygen atoms in total. The van der Waals surface area contributed by atoms with E-state index in [4.69, 9.17) is 9.97 Å². The summed E-state index contributed by atoms with van der Waals surface area (Å²) in [5.41, 5.74) is 5.34. The molecule has 13 rings (SSSR count). The fourth-order valence-corrected chi connectivity index (χ4v) is 15.4. The third-order valence-electron chi connectivity index (χ3n) is 13.5. The average Bonchev–Trinajstić information content (AvgIpc) is 3.79. The highest BCUT2D eigenvalue weighted by Gasteiger charge is 2.32. The lowest BCUT2D eigenvalue weighted by atomic mass is 9.98. The first-order valence-corrected chi connectivity index (χ1v) is 25.8. The number of hydrogen-bond donors (Lipinski definition) is 0. The van der Waals surface area contributed by atoms with Gasteiger partial charge in [-0.3, -0.25) is 9.38 Å². The molecule has 0 amide bonds. The summed E-state index contributed by atoms with van der Waals surface area (Å²) in [6.45, 7) is 0. The molecule has 67 heavy (non-hydrogen) atoms. The van der Waals surface area contributed by atoms with Gasteiger partial charge in [-0.1, -0.05) is 182 Å². The summed E-state index contributed by atoms with van der Waals surface area (Å²) >= 11 is 0. The first-order chi connectivity index (χ1) is 32.9. The summed E-state index contributed by atoms with van der Waals surface area (Å²) in [5, 5.41) is 14.2. The molecule has 0 aliphatic carbocycles. The van der Waals surface area contributed by atoms with Crippen LogP contribution in [0.1, 0.15) is 0 Å². The first kappa shape index (κ1) is 39.4. The third kappa shape index (κ3) is 6.16. The molecule has 10 aromatic carbocycles. The average molecular weight is 896 g/mol. The molecule has 0 spiro atoms. The Bertz CT molecular complexity index is 4100. The molecule has 0 saturated heterocycles. The van der Waals surface area contributed by atoms with E-state index < -0.39 is 14.3 Å². The first-order valence-electron chi connectivity index (χ1n) is 22.4. The van der Waals surface area contributed by atoms with Crippen LogP contribution in [0.15, 0.2) is 237 Å². The van der Waals surface area contributed by atoms with Crippen LogP contribution in [-0.4, -0.2) is 14.4 Å². The number of imidazole rings is 1. The molecule has 0 fully saturated rings. The standard InChI is InChI=1S/C60H39N3O2P2/c64-66(46-17-3-1-4-18-46,47-19-5-2-6-20-47)50-29-34-57-58(38-50)63-59-52-31-26-45(35-44(52)25-32-54(59)53-21-11-12-22-55(53)60(63)62-57)56-33-30-51(39-61-56)67(65,48-27-23-40-13-7-9-15-42(40)36-48)49-28-24-41-14-8-10-16-43(41)37-49/h1-39H. The van der Waals surface area contributed by atoms with Crippen molar-refractivity contribution in [3.63, 3.8) is 0 Å². The highest BCUT2D eigenvalue weighted by atomic mass is 31.2. The molecule has 3 aromatic heterocycles. The highest BCUT2D eigenvalue weighted by molar-refractivity contribution is 7.85. The third-order valence-corrected chi connectivity index (χ3v) is 19.6. The molecule has 13 aromatic rings. The summed E-state index contributed by atoms with van der Waals surface area (Å²) in [6, 6.07) is 77.8. The topological polar surface area (TPSA) is 64.3 Å². The Hall–Kier alpha value is -7.94. The maximum absolute atomic E-state index is 15.9. The fourth-order valence-electron chi connectivity index (χ4n) is 10.2. The van der Waals surface area contributed by atoms with E-state index in [0.717, 1.165) is 108 Å². The van der Waals surface area contributed by atoms with E-state index in [-0.39, 0.29) is 0 Å². The molecule has 0 bridgehead atoms. The van der Waals surface area contributed by atoms with Crippen LogP contribution < -0.4 is 31.8 Å². The zero-order valence-corrected chi connectivity index (χ0v) is 37.9. The monoisotopic (exact) mass is 895 g/mol. The number of fused-ring (bicyclic) bond motifs is 12. The van der Waals surface area contributed by atoms with Gasteiger partial charge in [0.1, 0.15) is 5.65 Å². The van der Waals surface area contributed by atoms with E-state index in [9.17, 15) is 0 Å². The van der Waals surface area contributed by atoms with Gasteiger partial charge in [-0.25, -0.2) is 4.98 Å². The molecule has 0 aliphatic heterocycles. The van der Waals surface area contributed by atoms with E-state index in [1.54, 1.807) is 6.20 Å². The maximum atomic E-state index is 15.9. The predicted octanol–water partition coefficient (Wildman–Crippen LogP) is 12.6. The molecule has 0 N–H and O–H groups in total. The second-order valence-electron chi connectivity index (χ2n) is 17.2. The molecule has 3 heterocycles. The summed E-state index contributed by atoms with van der Waals surface area (Å²) in [5.74, 6) is 0. The second-order valence-corrected chi connectivity index (χ2v) is 22.8. The maximum Gasteiger partial charge on any atom is 0.172 e. The largest absolute Gasteiger partial charge is 0.309 e. The smallest absolute Gasteiger partial charge is 0.172 e. The van der Waals surface area contributed by atoms with Gasteiger partial charge in [-0.05, 0) is 80.8 Å². The molecule has 316 valence electrons. The van der Waals surface area contributed by atoms with Crippen LogP contribution in [-0.2, 0) is 9.13 Å². The zero-order chi connectivity index (χ0) is 44.7. The van der Waals surface area contributed by atoms with E-state index >= 15 is 9.13 Å². The molecule has 0 atom stereocenters. The summed E-state index contributed by atoms with van der Waals surface area (Å²) < 4.78 is 33.8. The van der Waals surface area contributed by atoms with E-state index in [1.807, 2.05) is 121 Å². The van der Waals surface area contributed by atoms with Crippen LogP contribution in [0.3, 0.4) is 0 Å². The second kappa shape index (κ2) is 15.3. The van der Waals surface area contributed by atoms with Crippen LogP contribution in [0.25, 0.3) is 81.9 Å². The van der Waals surface area contributed by atoms with Crippen LogP contribution in [0, 0.1) is 0 Å². The van der Waals surface area contributed by atoms with Gasteiger partial charge in [-0.2, -0.15) is 0 Å². The van der Waals surface area contributed by atoms with Crippen molar-refractivity contribution in [1.29, 1.82) is 0 Å². The van der Waals surface area contributed by atoms with E-state index in [0.29, 0.717) is 5.30 Å². The van der Waals surface area contributed by atoms with Gasteiger partial charge in [0.05, 0.1) is 22.2 Å². The molecular formula is C60H39N3O2P2. The van der Waals surface area contributed by atoms with Gasteiger partial charge in [0.15, 0.2) is 14.3 Å². The van der Waals surface area contributed by atoms with Crippen molar-refractivity contribution in [2.75, 3.05) is 0 Å². The lowest BCUT2D eigenvalue weighted by Crippen LogP contribution is -2.25. The lowest BCUT2D eigenvalue weighted by molar-refractivity contribution is 0.591. The Morgan fingerprint density at radius 1 is 0.358 bits per heavy atom. The number of rotatable bonds is 7. The van der Waals surface area contributed by atoms with E-state index in [2.05, 4.69) is 114 Å². The van der Waals surface area contributed by atoms with Crippen LogP contribution in [0.2, 0.25) is 0 Å². The minimum absolute atomic E-state index is 0.679. The molecule has 0 saturated carbocycles. The normalized spacial score (nSPS) is 12.3. The number of hydrogen-bond acceptors (Lipinski definition) is 4. The number of nitrogens with zero attached hydrogens (tertiary/aromatic N) is 3. The number of benzene rings is 10. The van der Waals surface area contributed by atoms with Gasteiger partial charge in [0.25, 0.3) is 0 Å². The Kier molecular flexibility index (Phi) is 9.02. The Morgan fingerprint density at radius 3 is 1.52 bits per heavy atom. The Labute approximate surface area is 386 Å². The van der Waals surface area contributed by atoms with Gasteiger partial charge in [0, 0.05) is 59.7 Å². The molecular weight excluding hydrogens is 857 g/mol. The van der Waals surface area contributed by atoms with Gasteiger partial charge < -0.3 is 9.13 Å². The Morgan fingerprint density at radius 2 is 0.881 bits per heavy atom. The molecule has 0 aliphatic rings. The lowest BCUT2D eigenvalue weighted by Gasteiger charge is -2.21. The quantitative estimate of drug-likeness (QED) is 0.118. The SMILES string of the molecule is O=P(c1ccc(-c2ccc3c(ccc4c5ccccc5c5nc6ccc(P(=O)(c7ccccc7)c7ccccc7)cc6n5c34)c2)nc1)(c1ccc2ccccc2c1)c1ccc2ccccc2c1. The van der Waals surface area contributed by atoms with Crippen molar-refractivity contribution < 1.29 is 9.13 Å². The predicted molar refractivity (Wildman–Crippen MR) is 282 cm³/mol. The minimum Gasteiger partial charge on any atom is -0.309 e. The summed E-state index contributed by atoms with van der Waals surface area (Å²) in [6.07, 6.45) is 1.81. The van der Waals surface area contributed by atoms with Gasteiger partial charge in [0.2, 0.25) is 0 Å².